The Morgan fingerprint density at radius 2 is 2.21 bits per heavy atom. The lowest BCUT2D eigenvalue weighted by Crippen LogP contribution is -2.15. The van der Waals surface area contributed by atoms with Gasteiger partial charge in [-0.25, -0.2) is 0 Å². The quantitative estimate of drug-likeness (QED) is 0.862. The van der Waals surface area contributed by atoms with Gasteiger partial charge in [0, 0.05) is 37.2 Å². The van der Waals surface area contributed by atoms with Crippen LogP contribution in [-0.4, -0.2) is 20.7 Å². The molecule has 0 aliphatic carbocycles. The largest absolute Gasteiger partial charge is 0.380 e. The van der Waals surface area contributed by atoms with Gasteiger partial charge in [0.2, 0.25) is 0 Å². The van der Waals surface area contributed by atoms with E-state index in [1.807, 2.05) is 25.6 Å². The number of primary amides is 1. The van der Waals surface area contributed by atoms with Gasteiger partial charge < -0.3 is 11.1 Å². The Balaban J connectivity index is 2.22. The van der Waals surface area contributed by atoms with E-state index in [0.717, 1.165) is 17.0 Å². The summed E-state index contributed by atoms with van der Waals surface area (Å²) in [5.74, 6) is -0.491. The van der Waals surface area contributed by atoms with Gasteiger partial charge in [0.25, 0.3) is 5.91 Å². The number of amides is 1. The average molecular weight is 259 g/mol. The third-order valence-electron chi connectivity index (χ3n) is 3.20. The summed E-state index contributed by atoms with van der Waals surface area (Å²) in [7, 11) is 1.91. The molecule has 3 N–H and O–H groups in total. The van der Waals surface area contributed by atoms with Crippen LogP contribution in [0.1, 0.15) is 27.3 Å². The first kappa shape index (κ1) is 13.1. The van der Waals surface area contributed by atoms with Crippen LogP contribution in [0.25, 0.3) is 0 Å². The van der Waals surface area contributed by atoms with E-state index in [2.05, 4.69) is 15.4 Å². The summed E-state index contributed by atoms with van der Waals surface area (Å²) in [5, 5.41) is 7.56. The smallest absolute Gasteiger partial charge is 0.252 e. The number of hydrogen-bond acceptors (Lipinski definition) is 4. The monoisotopic (exact) mass is 259 g/mol. The number of nitrogens with zero attached hydrogens (tertiary/aromatic N) is 3. The lowest BCUT2D eigenvalue weighted by molar-refractivity contribution is 0.100. The number of nitrogens with one attached hydrogen (secondary N) is 1. The fourth-order valence-electron chi connectivity index (χ4n) is 2.00. The Morgan fingerprint density at radius 1 is 1.47 bits per heavy atom. The van der Waals surface area contributed by atoms with Crippen molar-refractivity contribution in [1.82, 2.24) is 14.8 Å². The summed E-state index contributed by atoms with van der Waals surface area (Å²) in [6, 6.07) is 1.74. The first-order chi connectivity index (χ1) is 9.00. The molecule has 0 fully saturated rings. The third-order valence-corrected chi connectivity index (χ3v) is 3.20. The number of anilines is 1. The van der Waals surface area contributed by atoms with Gasteiger partial charge in [-0.2, -0.15) is 5.10 Å². The highest BCUT2D eigenvalue weighted by atomic mass is 16.1. The molecule has 0 saturated heterocycles. The van der Waals surface area contributed by atoms with Gasteiger partial charge in [0.1, 0.15) is 0 Å². The molecule has 1 amide bonds. The van der Waals surface area contributed by atoms with Gasteiger partial charge in [-0.3, -0.25) is 14.5 Å². The van der Waals surface area contributed by atoms with E-state index in [1.165, 1.54) is 6.20 Å². The molecule has 2 heterocycles. The van der Waals surface area contributed by atoms with Crippen molar-refractivity contribution in [1.29, 1.82) is 0 Å². The van der Waals surface area contributed by atoms with Crippen molar-refractivity contribution in [2.75, 3.05) is 5.32 Å². The molecule has 19 heavy (non-hydrogen) atoms. The van der Waals surface area contributed by atoms with Crippen LogP contribution < -0.4 is 11.1 Å². The summed E-state index contributed by atoms with van der Waals surface area (Å²) < 4.78 is 1.84. The molecule has 2 aromatic rings. The molecule has 0 aliphatic rings. The van der Waals surface area contributed by atoms with E-state index in [4.69, 9.17) is 5.73 Å². The maximum absolute atomic E-state index is 11.3. The summed E-state index contributed by atoms with van der Waals surface area (Å²) in [4.78, 5) is 15.2. The molecule has 100 valence electrons. The van der Waals surface area contributed by atoms with Gasteiger partial charge in [0.05, 0.1) is 16.9 Å². The molecule has 2 aromatic heterocycles. The lowest BCUT2D eigenvalue weighted by atomic mass is 10.1. The van der Waals surface area contributed by atoms with Crippen LogP contribution >= 0.6 is 0 Å². The Hall–Kier alpha value is -2.37. The minimum Gasteiger partial charge on any atom is -0.380 e. The maximum atomic E-state index is 11.3. The molecule has 0 bridgehead atoms. The van der Waals surface area contributed by atoms with Gasteiger partial charge in [-0.1, -0.05) is 0 Å². The van der Waals surface area contributed by atoms with Gasteiger partial charge in [-0.15, -0.1) is 0 Å². The van der Waals surface area contributed by atoms with Crippen LogP contribution in [0, 0.1) is 13.8 Å². The van der Waals surface area contributed by atoms with E-state index in [9.17, 15) is 4.79 Å². The van der Waals surface area contributed by atoms with E-state index in [-0.39, 0.29) is 0 Å². The van der Waals surface area contributed by atoms with E-state index in [1.54, 1.807) is 12.3 Å². The summed E-state index contributed by atoms with van der Waals surface area (Å²) in [6.45, 7) is 4.57. The molecular formula is C13H17N5O. The number of carbonyl (C=O) groups is 1. The Kier molecular flexibility index (Phi) is 3.50. The maximum Gasteiger partial charge on any atom is 0.252 e. The van der Waals surface area contributed by atoms with Gasteiger partial charge >= 0.3 is 0 Å². The highest BCUT2D eigenvalue weighted by molar-refractivity contribution is 5.98. The molecule has 6 heteroatoms. The minimum atomic E-state index is -0.491. The first-order valence-electron chi connectivity index (χ1n) is 5.97. The second kappa shape index (κ2) is 5.09. The third kappa shape index (κ3) is 2.57. The zero-order chi connectivity index (χ0) is 14.0. The van der Waals surface area contributed by atoms with Crippen LogP contribution in [0.4, 0.5) is 5.69 Å². The van der Waals surface area contributed by atoms with Crippen LogP contribution in [0.3, 0.4) is 0 Å². The lowest BCUT2D eigenvalue weighted by Gasteiger charge is -2.09. The number of pyridine rings is 1. The van der Waals surface area contributed by atoms with Crippen molar-refractivity contribution >= 4 is 11.6 Å². The van der Waals surface area contributed by atoms with Crippen LogP contribution in [-0.2, 0) is 13.6 Å². The molecule has 6 nitrogen and oxygen atoms in total. The fourth-order valence-corrected chi connectivity index (χ4v) is 2.00. The molecule has 0 atom stereocenters. The zero-order valence-electron chi connectivity index (χ0n) is 11.3. The molecule has 0 aromatic carbocycles. The van der Waals surface area contributed by atoms with E-state index in [0.29, 0.717) is 17.8 Å². The number of nitrogens with two attached hydrogens (primary N) is 1. The SMILES string of the molecule is Cc1nn(C)c(C)c1CNc1ccncc1C(N)=O. The zero-order valence-corrected chi connectivity index (χ0v) is 11.3. The van der Waals surface area contributed by atoms with Crippen molar-refractivity contribution in [2.45, 2.75) is 20.4 Å². The highest BCUT2D eigenvalue weighted by Gasteiger charge is 2.11. The predicted molar refractivity (Wildman–Crippen MR) is 72.8 cm³/mol. The topological polar surface area (TPSA) is 85.8 Å². The molecule has 0 saturated carbocycles. The average Bonchev–Trinajstić information content (AvgIpc) is 2.61. The van der Waals surface area contributed by atoms with Crippen LogP contribution in [0.15, 0.2) is 18.5 Å². The molecule has 0 spiro atoms. The second-order valence-corrected chi connectivity index (χ2v) is 4.41. The van der Waals surface area contributed by atoms with E-state index < -0.39 is 5.91 Å². The van der Waals surface area contributed by atoms with Crippen molar-refractivity contribution in [3.8, 4) is 0 Å². The van der Waals surface area contributed by atoms with Crippen molar-refractivity contribution < 1.29 is 4.79 Å². The second-order valence-electron chi connectivity index (χ2n) is 4.41. The Bertz CT molecular complexity index is 617. The number of aryl methyl sites for hydroxylation is 2. The van der Waals surface area contributed by atoms with Crippen molar-refractivity contribution in [3.05, 3.63) is 41.0 Å². The van der Waals surface area contributed by atoms with Crippen LogP contribution in [0.5, 0.6) is 0 Å². The molecule has 0 radical (unpaired) electrons. The number of rotatable bonds is 4. The van der Waals surface area contributed by atoms with Crippen molar-refractivity contribution in [2.24, 2.45) is 12.8 Å². The molecule has 2 rings (SSSR count). The molecule has 0 unspecified atom stereocenters. The van der Waals surface area contributed by atoms with E-state index >= 15 is 0 Å². The number of hydrogen-bond donors (Lipinski definition) is 2. The molecule has 0 aliphatic heterocycles. The molecular weight excluding hydrogens is 242 g/mol. The minimum absolute atomic E-state index is 0.390. The van der Waals surface area contributed by atoms with Crippen LogP contribution in [0.2, 0.25) is 0 Å². The summed E-state index contributed by atoms with van der Waals surface area (Å²) >= 11 is 0. The summed E-state index contributed by atoms with van der Waals surface area (Å²) in [5.41, 5.74) is 9.58. The van der Waals surface area contributed by atoms with Gasteiger partial charge in [0.15, 0.2) is 0 Å². The fraction of sp³-hybridized carbons (Fsp3) is 0.308. The first-order valence-corrected chi connectivity index (χ1v) is 5.97. The van der Waals surface area contributed by atoms with Gasteiger partial charge in [-0.05, 0) is 19.9 Å². The number of carbonyl (C=O) groups excluding carboxylic acids is 1. The van der Waals surface area contributed by atoms with Crippen molar-refractivity contribution in [3.63, 3.8) is 0 Å². The standard InChI is InChI=1S/C13H17N5O/c1-8-10(9(2)18(3)17-8)7-16-12-4-5-15-6-11(12)13(14)19/h4-6H,7H2,1-3H3,(H2,14,19)(H,15,16). The highest BCUT2D eigenvalue weighted by Crippen LogP contribution is 2.17. The Morgan fingerprint density at radius 3 is 2.79 bits per heavy atom. The number of aromatic nitrogens is 3. The normalized spacial score (nSPS) is 10.5. The predicted octanol–water partition coefficient (Wildman–Crippen LogP) is 1.14. The summed E-state index contributed by atoms with van der Waals surface area (Å²) in [6.07, 6.45) is 3.09. The Labute approximate surface area is 111 Å².